The Balaban J connectivity index is 1.97. The number of esters is 1. The molecule has 0 bridgehead atoms. The highest BCUT2D eigenvalue weighted by Crippen LogP contribution is 2.13. The van der Waals surface area contributed by atoms with Crippen LogP contribution >= 0.6 is 0 Å². The normalized spacial score (nSPS) is 11.8. The lowest BCUT2D eigenvalue weighted by Crippen LogP contribution is -2.18. The summed E-state index contributed by atoms with van der Waals surface area (Å²) in [6.07, 6.45) is 10.9. The molecular formula is C23H36O5. The standard InChI is InChI=1S/C23H36O5/c1-2-3-4-5-6-7-8-15-23(26)28-19-21(25)13-9-10-16-27-22-14-11-12-20(17-22)18-24/h11-12,14,17-18,21,25H,2-10,13,15-16,19H2,1H3/t21-/m1/s1. The van der Waals surface area contributed by atoms with Crippen LogP contribution in [0.1, 0.15) is 87.9 Å². The summed E-state index contributed by atoms with van der Waals surface area (Å²) in [7, 11) is 0. The van der Waals surface area contributed by atoms with E-state index in [1.54, 1.807) is 18.2 Å². The molecule has 0 radical (unpaired) electrons. The van der Waals surface area contributed by atoms with Crippen LogP contribution in [0.15, 0.2) is 24.3 Å². The van der Waals surface area contributed by atoms with Gasteiger partial charge in [0.05, 0.1) is 12.7 Å². The van der Waals surface area contributed by atoms with Crippen molar-refractivity contribution < 1.29 is 24.2 Å². The average Bonchev–Trinajstić information content (AvgIpc) is 2.71. The molecule has 0 spiro atoms. The van der Waals surface area contributed by atoms with Gasteiger partial charge < -0.3 is 14.6 Å². The van der Waals surface area contributed by atoms with E-state index in [9.17, 15) is 14.7 Å². The fourth-order valence-electron chi connectivity index (χ4n) is 2.92. The van der Waals surface area contributed by atoms with Gasteiger partial charge in [-0.2, -0.15) is 0 Å². The van der Waals surface area contributed by atoms with Crippen LogP contribution in [0.25, 0.3) is 0 Å². The van der Waals surface area contributed by atoms with Gasteiger partial charge in [0.2, 0.25) is 0 Å². The Labute approximate surface area is 169 Å². The Bertz CT molecular complexity index is 544. The van der Waals surface area contributed by atoms with Crippen molar-refractivity contribution in [2.24, 2.45) is 0 Å². The third-order valence-corrected chi connectivity index (χ3v) is 4.62. The summed E-state index contributed by atoms with van der Waals surface area (Å²) in [6.45, 7) is 2.79. The number of aliphatic hydroxyl groups excluding tert-OH is 1. The number of carbonyl (C=O) groups excluding carboxylic acids is 2. The number of aliphatic hydroxyl groups is 1. The topological polar surface area (TPSA) is 72.8 Å². The molecule has 5 heteroatoms. The fourth-order valence-corrected chi connectivity index (χ4v) is 2.92. The first-order valence-corrected chi connectivity index (χ1v) is 10.7. The Morgan fingerprint density at radius 3 is 2.57 bits per heavy atom. The summed E-state index contributed by atoms with van der Waals surface area (Å²) in [5.41, 5.74) is 0.589. The maximum absolute atomic E-state index is 11.7. The second kappa shape index (κ2) is 16.1. The number of unbranched alkanes of at least 4 members (excludes halogenated alkanes) is 7. The van der Waals surface area contributed by atoms with Gasteiger partial charge in [-0.15, -0.1) is 0 Å². The average molecular weight is 393 g/mol. The molecular weight excluding hydrogens is 356 g/mol. The lowest BCUT2D eigenvalue weighted by molar-refractivity contribution is -0.146. The lowest BCUT2D eigenvalue weighted by Gasteiger charge is -2.12. The van der Waals surface area contributed by atoms with Crippen molar-refractivity contribution in [1.82, 2.24) is 0 Å². The van der Waals surface area contributed by atoms with E-state index in [2.05, 4.69) is 6.92 Å². The maximum atomic E-state index is 11.7. The van der Waals surface area contributed by atoms with Crippen LogP contribution in [0.4, 0.5) is 0 Å². The minimum absolute atomic E-state index is 0.0670. The molecule has 1 N–H and O–H groups in total. The zero-order chi connectivity index (χ0) is 20.5. The minimum Gasteiger partial charge on any atom is -0.494 e. The molecule has 1 rings (SSSR count). The van der Waals surface area contributed by atoms with Crippen molar-refractivity contribution >= 4 is 12.3 Å². The largest absolute Gasteiger partial charge is 0.494 e. The summed E-state index contributed by atoms with van der Waals surface area (Å²) in [5.74, 6) is 0.454. The Morgan fingerprint density at radius 1 is 1.07 bits per heavy atom. The van der Waals surface area contributed by atoms with Gasteiger partial charge in [-0.25, -0.2) is 0 Å². The molecule has 0 heterocycles. The zero-order valence-electron chi connectivity index (χ0n) is 17.2. The predicted molar refractivity (Wildman–Crippen MR) is 111 cm³/mol. The van der Waals surface area contributed by atoms with Crippen LogP contribution < -0.4 is 4.74 Å². The van der Waals surface area contributed by atoms with E-state index in [-0.39, 0.29) is 12.6 Å². The number of carbonyl (C=O) groups is 2. The summed E-state index contributed by atoms with van der Waals surface area (Å²) < 4.78 is 10.7. The van der Waals surface area contributed by atoms with Crippen LogP contribution in [0.2, 0.25) is 0 Å². The number of aldehydes is 1. The highest BCUT2D eigenvalue weighted by molar-refractivity contribution is 5.75. The van der Waals surface area contributed by atoms with Gasteiger partial charge in [0.15, 0.2) is 0 Å². The Kier molecular flexibility index (Phi) is 13.9. The minimum atomic E-state index is -0.628. The van der Waals surface area contributed by atoms with Crippen molar-refractivity contribution in [3.8, 4) is 5.75 Å². The van der Waals surface area contributed by atoms with Gasteiger partial charge in [-0.05, 0) is 37.8 Å². The van der Waals surface area contributed by atoms with Crippen LogP contribution in [0.3, 0.4) is 0 Å². The summed E-state index contributed by atoms with van der Waals surface area (Å²) >= 11 is 0. The Hall–Kier alpha value is -1.88. The predicted octanol–water partition coefficient (Wildman–Crippen LogP) is 5.09. The fraction of sp³-hybridized carbons (Fsp3) is 0.652. The molecule has 0 fully saturated rings. The summed E-state index contributed by atoms with van der Waals surface area (Å²) in [6, 6.07) is 7.02. The molecule has 0 aromatic heterocycles. The van der Waals surface area contributed by atoms with E-state index in [1.807, 2.05) is 6.07 Å². The van der Waals surface area contributed by atoms with Gasteiger partial charge in [0.25, 0.3) is 0 Å². The lowest BCUT2D eigenvalue weighted by atomic mass is 10.1. The van der Waals surface area contributed by atoms with Gasteiger partial charge in [0.1, 0.15) is 18.6 Å². The molecule has 5 nitrogen and oxygen atoms in total. The van der Waals surface area contributed by atoms with E-state index in [1.165, 1.54) is 32.1 Å². The van der Waals surface area contributed by atoms with Crippen LogP contribution in [-0.4, -0.2) is 36.7 Å². The highest BCUT2D eigenvalue weighted by atomic mass is 16.5. The first-order valence-electron chi connectivity index (χ1n) is 10.7. The number of ether oxygens (including phenoxy) is 2. The van der Waals surface area contributed by atoms with E-state index < -0.39 is 6.10 Å². The van der Waals surface area contributed by atoms with E-state index in [0.29, 0.717) is 30.8 Å². The van der Waals surface area contributed by atoms with Crippen LogP contribution in [0, 0.1) is 0 Å². The van der Waals surface area contributed by atoms with Gasteiger partial charge in [-0.1, -0.05) is 57.6 Å². The second-order valence-electron chi connectivity index (χ2n) is 7.24. The molecule has 0 amide bonds. The summed E-state index contributed by atoms with van der Waals surface area (Å²) in [5, 5.41) is 9.92. The van der Waals surface area contributed by atoms with Crippen molar-refractivity contribution in [2.45, 2.75) is 83.7 Å². The molecule has 0 aliphatic heterocycles. The van der Waals surface area contributed by atoms with E-state index in [0.717, 1.165) is 32.0 Å². The smallest absolute Gasteiger partial charge is 0.305 e. The van der Waals surface area contributed by atoms with Crippen molar-refractivity contribution in [3.05, 3.63) is 29.8 Å². The van der Waals surface area contributed by atoms with Crippen molar-refractivity contribution in [2.75, 3.05) is 13.2 Å². The number of rotatable bonds is 17. The third-order valence-electron chi connectivity index (χ3n) is 4.62. The first kappa shape index (κ1) is 24.2. The first-order chi connectivity index (χ1) is 13.7. The third kappa shape index (κ3) is 12.5. The molecule has 1 aromatic carbocycles. The zero-order valence-corrected chi connectivity index (χ0v) is 17.2. The quantitative estimate of drug-likeness (QED) is 0.227. The number of benzene rings is 1. The molecule has 158 valence electrons. The van der Waals surface area contributed by atoms with Crippen molar-refractivity contribution in [3.63, 3.8) is 0 Å². The number of hydrogen-bond acceptors (Lipinski definition) is 5. The van der Waals surface area contributed by atoms with Gasteiger partial charge >= 0.3 is 5.97 Å². The van der Waals surface area contributed by atoms with Gasteiger partial charge in [0, 0.05) is 12.0 Å². The SMILES string of the molecule is CCCCCCCCCC(=O)OC[C@H](O)CCCCOc1cccc(C=O)c1. The molecule has 0 aliphatic carbocycles. The number of hydrogen-bond donors (Lipinski definition) is 1. The molecule has 0 saturated carbocycles. The molecule has 0 aliphatic rings. The van der Waals surface area contributed by atoms with Gasteiger partial charge in [-0.3, -0.25) is 9.59 Å². The summed E-state index contributed by atoms with van der Waals surface area (Å²) in [4.78, 5) is 22.4. The van der Waals surface area contributed by atoms with Crippen LogP contribution in [-0.2, 0) is 9.53 Å². The van der Waals surface area contributed by atoms with Crippen LogP contribution in [0.5, 0.6) is 5.75 Å². The molecule has 0 saturated heterocycles. The molecule has 0 unspecified atom stereocenters. The van der Waals surface area contributed by atoms with Crippen molar-refractivity contribution in [1.29, 1.82) is 0 Å². The molecule has 1 atom stereocenters. The highest BCUT2D eigenvalue weighted by Gasteiger charge is 2.09. The van der Waals surface area contributed by atoms with E-state index >= 15 is 0 Å². The molecule has 1 aromatic rings. The second-order valence-corrected chi connectivity index (χ2v) is 7.24. The Morgan fingerprint density at radius 2 is 1.82 bits per heavy atom. The molecule has 28 heavy (non-hydrogen) atoms. The maximum Gasteiger partial charge on any atom is 0.305 e. The van der Waals surface area contributed by atoms with E-state index in [4.69, 9.17) is 9.47 Å². The monoisotopic (exact) mass is 392 g/mol.